The van der Waals surface area contributed by atoms with Crippen molar-refractivity contribution in [3.8, 4) is 0 Å². The van der Waals surface area contributed by atoms with Crippen LogP contribution >= 0.6 is 23.2 Å². The second-order valence-corrected chi connectivity index (χ2v) is 5.47. The number of carboxylic acid groups (broad SMARTS) is 1. The number of hydrogen-bond donors (Lipinski definition) is 2. The van der Waals surface area contributed by atoms with Crippen LogP contribution < -0.4 is 5.32 Å². The van der Waals surface area contributed by atoms with Crippen molar-refractivity contribution in [3.63, 3.8) is 0 Å². The van der Waals surface area contributed by atoms with Gasteiger partial charge in [-0.3, -0.25) is 4.79 Å². The first-order valence-corrected chi connectivity index (χ1v) is 7.13. The van der Waals surface area contributed by atoms with E-state index in [0.29, 0.717) is 17.2 Å². The van der Waals surface area contributed by atoms with E-state index in [4.69, 9.17) is 32.7 Å². The Morgan fingerprint density at radius 2 is 1.95 bits per heavy atom. The Balaban J connectivity index is 2.85. The maximum atomic E-state index is 11.9. The van der Waals surface area contributed by atoms with Gasteiger partial charge in [0.05, 0.1) is 23.3 Å². The van der Waals surface area contributed by atoms with Gasteiger partial charge in [-0.15, -0.1) is 0 Å². The Kier molecular flexibility index (Phi) is 7.09. The van der Waals surface area contributed by atoms with Crippen LogP contribution in [0, 0.1) is 0 Å². The Labute approximate surface area is 138 Å². The number of amides is 1. The highest BCUT2D eigenvalue weighted by Gasteiger charge is 2.37. The fraction of sp³-hybridized carbons (Fsp3) is 0.429. The first-order valence-electron chi connectivity index (χ1n) is 6.38. The molecule has 8 heteroatoms. The van der Waals surface area contributed by atoms with Crippen molar-refractivity contribution in [1.82, 2.24) is 5.32 Å². The summed E-state index contributed by atoms with van der Waals surface area (Å²) in [7, 11) is 1.51. The summed E-state index contributed by atoms with van der Waals surface area (Å²) in [5.74, 6) is -1.79. The number of hydrogen-bond acceptors (Lipinski definition) is 4. The number of carbonyl (C=O) groups is 2. The standard InChI is InChI=1S/C14H17Cl2NO5/c1-14(13(19)20,9-3-4-10(15)11(16)7-9)17-12(18)8-22-6-5-21-2/h3-4,7H,5-6,8H2,1-2H3,(H,17,18)(H,19,20). The Morgan fingerprint density at radius 1 is 1.27 bits per heavy atom. The maximum Gasteiger partial charge on any atom is 0.333 e. The third-order valence-corrected chi connectivity index (χ3v) is 3.72. The first kappa shape index (κ1) is 18.7. The van der Waals surface area contributed by atoms with Crippen LogP contribution in [0.4, 0.5) is 0 Å². The molecule has 0 saturated heterocycles. The minimum atomic E-state index is -1.64. The highest BCUT2D eigenvalue weighted by molar-refractivity contribution is 6.42. The van der Waals surface area contributed by atoms with Gasteiger partial charge >= 0.3 is 5.97 Å². The number of benzene rings is 1. The molecule has 1 aromatic rings. The molecule has 1 aromatic carbocycles. The van der Waals surface area contributed by atoms with Crippen LogP contribution in [0.25, 0.3) is 0 Å². The molecule has 22 heavy (non-hydrogen) atoms. The molecule has 1 atom stereocenters. The molecule has 0 bridgehead atoms. The van der Waals surface area contributed by atoms with Crippen molar-refractivity contribution >= 4 is 35.1 Å². The quantitative estimate of drug-likeness (QED) is 0.701. The van der Waals surface area contributed by atoms with Crippen LogP contribution in [0.1, 0.15) is 12.5 Å². The normalized spacial score (nSPS) is 13.5. The molecule has 0 radical (unpaired) electrons. The monoisotopic (exact) mass is 349 g/mol. The van der Waals surface area contributed by atoms with Gasteiger partial charge in [0.2, 0.25) is 5.91 Å². The molecule has 1 amide bonds. The van der Waals surface area contributed by atoms with Crippen molar-refractivity contribution in [2.24, 2.45) is 0 Å². The minimum absolute atomic E-state index is 0.206. The average Bonchev–Trinajstić information content (AvgIpc) is 2.46. The van der Waals surface area contributed by atoms with Crippen molar-refractivity contribution in [2.75, 3.05) is 26.9 Å². The van der Waals surface area contributed by atoms with E-state index in [9.17, 15) is 14.7 Å². The summed E-state index contributed by atoms with van der Waals surface area (Å²) >= 11 is 11.7. The molecule has 122 valence electrons. The summed E-state index contributed by atoms with van der Waals surface area (Å²) in [6.07, 6.45) is 0. The van der Waals surface area contributed by atoms with E-state index in [1.807, 2.05) is 0 Å². The molecule has 1 rings (SSSR count). The summed E-state index contributed by atoms with van der Waals surface area (Å²) in [6, 6.07) is 4.38. The fourth-order valence-electron chi connectivity index (χ4n) is 1.68. The van der Waals surface area contributed by atoms with E-state index < -0.39 is 17.4 Å². The van der Waals surface area contributed by atoms with Crippen molar-refractivity contribution < 1.29 is 24.2 Å². The first-order chi connectivity index (χ1) is 10.3. The molecule has 0 aliphatic carbocycles. The van der Waals surface area contributed by atoms with E-state index in [0.717, 1.165) is 0 Å². The van der Waals surface area contributed by atoms with Crippen molar-refractivity contribution in [2.45, 2.75) is 12.5 Å². The lowest BCUT2D eigenvalue weighted by atomic mass is 9.92. The van der Waals surface area contributed by atoms with Gasteiger partial charge in [-0.1, -0.05) is 29.3 Å². The Hall–Kier alpha value is -1.34. The molecule has 0 aliphatic heterocycles. The smallest absolute Gasteiger partial charge is 0.333 e. The summed E-state index contributed by atoms with van der Waals surface area (Å²) in [5, 5.41) is 12.4. The Morgan fingerprint density at radius 3 is 2.50 bits per heavy atom. The minimum Gasteiger partial charge on any atom is -0.479 e. The van der Waals surface area contributed by atoms with Gasteiger partial charge in [0.15, 0.2) is 5.54 Å². The van der Waals surface area contributed by atoms with Crippen LogP contribution in [0.2, 0.25) is 10.0 Å². The van der Waals surface area contributed by atoms with Gasteiger partial charge in [0, 0.05) is 7.11 Å². The SMILES string of the molecule is COCCOCC(=O)NC(C)(C(=O)O)c1ccc(Cl)c(Cl)c1. The van der Waals surface area contributed by atoms with E-state index in [-0.39, 0.29) is 18.2 Å². The number of halogens is 2. The molecule has 1 unspecified atom stereocenters. The maximum absolute atomic E-state index is 11.9. The Bertz CT molecular complexity index is 552. The van der Waals surface area contributed by atoms with E-state index in [2.05, 4.69) is 5.32 Å². The number of nitrogens with one attached hydrogen (secondary N) is 1. The molecule has 0 spiro atoms. The molecular formula is C14H17Cl2NO5. The van der Waals surface area contributed by atoms with Gasteiger partial charge in [0.1, 0.15) is 6.61 Å². The highest BCUT2D eigenvalue weighted by atomic mass is 35.5. The lowest BCUT2D eigenvalue weighted by Gasteiger charge is -2.27. The van der Waals surface area contributed by atoms with E-state index in [1.165, 1.54) is 32.2 Å². The van der Waals surface area contributed by atoms with Gasteiger partial charge in [0.25, 0.3) is 0 Å². The summed E-state index contributed by atoms with van der Waals surface area (Å²) in [4.78, 5) is 23.4. The number of methoxy groups -OCH3 is 1. The van der Waals surface area contributed by atoms with Gasteiger partial charge in [-0.2, -0.15) is 0 Å². The molecule has 0 aromatic heterocycles. The van der Waals surface area contributed by atoms with Crippen molar-refractivity contribution in [1.29, 1.82) is 0 Å². The highest BCUT2D eigenvalue weighted by Crippen LogP contribution is 2.29. The third kappa shape index (κ3) is 4.84. The topological polar surface area (TPSA) is 84.9 Å². The van der Waals surface area contributed by atoms with Crippen LogP contribution in [-0.2, 0) is 24.6 Å². The zero-order valence-electron chi connectivity index (χ0n) is 12.2. The van der Waals surface area contributed by atoms with Crippen LogP contribution in [0.5, 0.6) is 0 Å². The number of ether oxygens (including phenoxy) is 2. The molecule has 0 fully saturated rings. The second kappa shape index (κ2) is 8.33. The molecule has 0 heterocycles. The predicted molar refractivity (Wildman–Crippen MR) is 82.3 cm³/mol. The number of rotatable bonds is 8. The summed E-state index contributed by atoms with van der Waals surface area (Å²) in [6.45, 7) is 1.67. The molecule has 2 N–H and O–H groups in total. The zero-order chi connectivity index (χ0) is 16.8. The lowest BCUT2D eigenvalue weighted by molar-refractivity contribution is -0.148. The lowest BCUT2D eigenvalue weighted by Crippen LogP contribution is -2.50. The van der Waals surface area contributed by atoms with Crippen molar-refractivity contribution in [3.05, 3.63) is 33.8 Å². The zero-order valence-corrected chi connectivity index (χ0v) is 13.7. The van der Waals surface area contributed by atoms with Gasteiger partial charge in [-0.05, 0) is 24.6 Å². The molecular weight excluding hydrogens is 333 g/mol. The fourth-order valence-corrected chi connectivity index (χ4v) is 1.98. The number of carbonyl (C=O) groups excluding carboxylic acids is 1. The van der Waals surface area contributed by atoms with E-state index in [1.54, 1.807) is 0 Å². The molecule has 0 saturated carbocycles. The largest absolute Gasteiger partial charge is 0.479 e. The van der Waals surface area contributed by atoms with Crippen LogP contribution in [-0.4, -0.2) is 43.9 Å². The molecule has 0 aliphatic rings. The summed E-state index contributed by atoms with van der Waals surface area (Å²) in [5.41, 5.74) is -1.34. The van der Waals surface area contributed by atoms with Crippen LogP contribution in [0.3, 0.4) is 0 Å². The average molecular weight is 350 g/mol. The number of carboxylic acids is 1. The molecule has 6 nitrogen and oxygen atoms in total. The second-order valence-electron chi connectivity index (χ2n) is 4.65. The van der Waals surface area contributed by atoms with Gasteiger partial charge < -0.3 is 19.9 Å². The van der Waals surface area contributed by atoms with Gasteiger partial charge in [-0.25, -0.2) is 4.79 Å². The van der Waals surface area contributed by atoms with E-state index >= 15 is 0 Å². The number of aliphatic carboxylic acids is 1. The third-order valence-electron chi connectivity index (χ3n) is 2.98. The van der Waals surface area contributed by atoms with Crippen LogP contribution in [0.15, 0.2) is 18.2 Å². The summed E-state index contributed by atoms with van der Waals surface area (Å²) < 4.78 is 9.84. The predicted octanol–water partition coefficient (Wildman–Crippen LogP) is 2.07.